The van der Waals surface area contributed by atoms with Gasteiger partial charge in [-0.1, -0.05) is 23.8 Å². The van der Waals surface area contributed by atoms with Crippen molar-refractivity contribution < 1.29 is 4.74 Å². The SMILES string of the molecule is Cc1ccc(C)c(CNCCCOCCCl)c1. The number of halogens is 1. The van der Waals surface area contributed by atoms with Gasteiger partial charge in [-0.3, -0.25) is 0 Å². The number of alkyl halides is 1. The average molecular weight is 256 g/mol. The van der Waals surface area contributed by atoms with Gasteiger partial charge in [-0.15, -0.1) is 11.6 Å². The van der Waals surface area contributed by atoms with Gasteiger partial charge < -0.3 is 10.1 Å². The molecular formula is C14H22ClNO. The molecule has 96 valence electrons. The second-order valence-electron chi connectivity index (χ2n) is 4.26. The summed E-state index contributed by atoms with van der Waals surface area (Å²) in [6.45, 7) is 7.63. The minimum absolute atomic E-state index is 0.579. The lowest BCUT2D eigenvalue weighted by molar-refractivity contribution is 0.146. The summed E-state index contributed by atoms with van der Waals surface area (Å²) in [5, 5.41) is 3.43. The van der Waals surface area contributed by atoms with Gasteiger partial charge in [0.25, 0.3) is 0 Å². The highest BCUT2D eigenvalue weighted by Crippen LogP contribution is 2.09. The Morgan fingerprint density at radius 3 is 2.82 bits per heavy atom. The monoisotopic (exact) mass is 255 g/mol. The number of hydrogen-bond donors (Lipinski definition) is 1. The van der Waals surface area contributed by atoms with Gasteiger partial charge >= 0.3 is 0 Å². The van der Waals surface area contributed by atoms with Crippen LogP contribution in [0.25, 0.3) is 0 Å². The maximum absolute atomic E-state index is 5.51. The molecule has 0 aliphatic heterocycles. The lowest BCUT2D eigenvalue weighted by Crippen LogP contribution is -2.17. The molecule has 2 nitrogen and oxygen atoms in total. The van der Waals surface area contributed by atoms with Crippen molar-refractivity contribution in [3.05, 3.63) is 34.9 Å². The molecule has 0 amide bonds. The topological polar surface area (TPSA) is 21.3 Å². The van der Waals surface area contributed by atoms with E-state index >= 15 is 0 Å². The van der Waals surface area contributed by atoms with Crippen LogP contribution in [0.2, 0.25) is 0 Å². The summed E-state index contributed by atoms with van der Waals surface area (Å²) in [7, 11) is 0. The lowest BCUT2D eigenvalue weighted by Gasteiger charge is -2.09. The molecule has 0 atom stereocenters. The molecular weight excluding hydrogens is 234 g/mol. The molecule has 0 saturated heterocycles. The van der Waals surface area contributed by atoms with E-state index in [1.54, 1.807) is 0 Å². The van der Waals surface area contributed by atoms with E-state index in [-0.39, 0.29) is 0 Å². The van der Waals surface area contributed by atoms with Crippen LogP contribution in [0.1, 0.15) is 23.1 Å². The second kappa shape index (κ2) is 8.51. The Kier molecular flexibility index (Phi) is 7.25. The molecule has 0 heterocycles. The van der Waals surface area contributed by atoms with Gasteiger partial charge in [-0.25, -0.2) is 0 Å². The van der Waals surface area contributed by atoms with Crippen molar-refractivity contribution in [1.29, 1.82) is 0 Å². The summed E-state index contributed by atoms with van der Waals surface area (Å²) in [5.74, 6) is 0.579. The molecule has 0 spiro atoms. The zero-order chi connectivity index (χ0) is 12.5. The smallest absolute Gasteiger partial charge is 0.0601 e. The highest BCUT2D eigenvalue weighted by Gasteiger charge is 1.98. The number of aryl methyl sites for hydroxylation is 2. The minimum Gasteiger partial charge on any atom is -0.380 e. The first-order chi connectivity index (χ1) is 8.24. The first kappa shape index (κ1) is 14.5. The minimum atomic E-state index is 0.579. The second-order valence-corrected chi connectivity index (χ2v) is 4.64. The van der Waals surface area contributed by atoms with Gasteiger partial charge in [0.15, 0.2) is 0 Å². The lowest BCUT2D eigenvalue weighted by atomic mass is 10.1. The Balaban J connectivity index is 2.15. The maximum atomic E-state index is 5.51. The molecule has 17 heavy (non-hydrogen) atoms. The zero-order valence-electron chi connectivity index (χ0n) is 10.8. The highest BCUT2D eigenvalue weighted by molar-refractivity contribution is 6.17. The molecule has 1 aromatic carbocycles. The van der Waals surface area contributed by atoms with Gasteiger partial charge in [0.1, 0.15) is 0 Å². The number of benzene rings is 1. The van der Waals surface area contributed by atoms with Crippen LogP contribution in [-0.4, -0.2) is 25.6 Å². The van der Waals surface area contributed by atoms with E-state index in [1.165, 1.54) is 16.7 Å². The predicted molar refractivity (Wildman–Crippen MR) is 73.8 cm³/mol. The van der Waals surface area contributed by atoms with Crippen LogP contribution < -0.4 is 5.32 Å². The van der Waals surface area contributed by atoms with E-state index in [1.807, 2.05) is 0 Å². The summed E-state index contributed by atoms with van der Waals surface area (Å²) >= 11 is 5.51. The van der Waals surface area contributed by atoms with E-state index in [0.29, 0.717) is 12.5 Å². The first-order valence-electron chi connectivity index (χ1n) is 6.14. The zero-order valence-corrected chi connectivity index (χ0v) is 11.5. The predicted octanol–water partition coefficient (Wildman–Crippen LogP) is 3.04. The van der Waals surface area contributed by atoms with Crippen molar-refractivity contribution in [1.82, 2.24) is 5.32 Å². The van der Waals surface area contributed by atoms with Crippen molar-refractivity contribution in [2.45, 2.75) is 26.8 Å². The fraction of sp³-hybridized carbons (Fsp3) is 0.571. The fourth-order valence-electron chi connectivity index (χ4n) is 1.67. The van der Waals surface area contributed by atoms with Crippen LogP contribution in [-0.2, 0) is 11.3 Å². The molecule has 0 aliphatic carbocycles. The standard InChI is InChI=1S/C14H22ClNO/c1-12-4-5-13(2)14(10-12)11-16-7-3-8-17-9-6-15/h4-5,10,16H,3,6-9,11H2,1-2H3. The van der Waals surface area contributed by atoms with E-state index < -0.39 is 0 Å². The Hall–Kier alpha value is -0.570. The van der Waals surface area contributed by atoms with Crippen molar-refractivity contribution in [3.63, 3.8) is 0 Å². The molecule has 1 aromatic rings. The molecule has 0 aromatic heterocycles. The van der Waals surface area contributed by atoms with Gasteiger partial charge in [0, 0.05) is 19.0 Å². The van der Waals surface area contributed by atoms with Crippen molar-refractivity contribution >= 4 is 11.6 Å². The fourth-order valence-corrected chi connectivity index (χ4v) is 1.78. The Morgan fingerprint density at radius 1 is 1.24 bits per heavy atom. The van der Waals surface area contributed by atoms with Crippen LogP contribution in [0.15, 0.2) is 18.2 Å². The average Bonchev–Trinajstić information content (AvgIpc) is 2.32. The quantitative estimate of drug-likeness (QED) is 0.570. The van der Waals surface area contributed by atoms with E-state index in [9.17, 15) is 0 Å². The molecule has 0 unspecified atom stereocenters. The third-order valence-corrected chi connectivity index (χ3v) is 2.84. The largest absolute Gasteiger partial charge is 0.380 e. The third kappa shape index (κ3) is 6.06. The number of ether oxygens (including phenoxy) is 1. The van der Waals surface area contributed by atoms with Crippen LogP contribution in [0.3, 0.4) is 0 Å². The van der Waals surface area contributed by atoms with Gasteiger partial charge in [0.05, 0.1) is 6.61 Å². The summed E-state index contributed by atoms with van der Waals surface area (Å²) in [4.78, 5) is 0. The van der Waals surface area contributed by atoms with Crippen LogP contribution >= 0.6 is 11.6 Å². The van der Waals surface area contributed by atoms with Crippen molar-refractivity contribution in [3.8, 4) is 0 Å². The number of hydrogen-bond acceptors (Lipinski definition) is 2. The summed E-state index contributed by atoms with van der Waals surface area (Å²) in [6, 6.07) is 6.57. The Bertz CT molecular complexity index is 328. The number of rotatable bonds is 8. The first-order valence-corrected chi connectivity index (χ1v) is 6.68. The molecule has 0 saturated carbocycles. The van der Waals surface area contributed by atoms with Crippen molar-refractivity contribution in [2.75, 3.05) is 25.6 Å². The highest BCUT2D eigenvalue weighted by atomic mass is 35.5. The van der Waals surface area contributed by atoms with E-state index in [4.69, 9.17) is 16.3 Å². The van der Waals surface area contributed by atoms with Crippen LogP contribution in [0.5, 0.6) is 0 Å². The Morgan fingerprint density at radius 2 is 2.06 bits per heavy atom. The third-order valence-electron chi connectivity index (χ3n) is 2.68. The summed E-state index contributed by atoms with van der Waals surface area (Å²) in [6.07, 6.45) is 1.03. The van der Waals surface area contributed by atoms with Crippen LogP contribution in [0.4, 0.5) is 0 Å². The van der Waals surface area contributed by atoms with Gasteiger partial charge in [0.2, 0.25) is 0 Å². The molecule has 0 bridgehead atoms. The normalized spacial score (nSPS) is 10.8. The molecule has 0 radical (unpaired) electrons. The maximum Gasteiger partial charge on any atom is 0.0601 e. The van der Waals surface area contributed by atoms with Gasteiger partial charge in [-0.05, 0) is 37.9 Å². The van der Waals surface area contributed by atoms with Crippen molar-refractivity contribution in [2.24, 2.45) is 0 Å². The molecule has 1 N–H and O–H groups in total. The van der Waals surface area contributed by atoms with E-state index in [2.05, 4.69) is 37.4 Å². The van der Waals surface area contributed by atoms with Crippen LogP contribution in [0, 0.1) is 13.8 Å². The molecule has 0 fully saturated rings. The molecule has 3 heteroatoms. The Labute approximate surface area is 109 Å². The summed E-state index contributed by atoms with van der Waals surface area (Å²) < 4.78 is 5.31. The van der Waals surface area contributed by atoms with Gasteiger partial charge in [-0.2, -0.15) is 0 Å². The number of nitrogens with one attached hydrogen (secondary N) is 1. The summed E-state index contributed by atoms with van der Waals surface area (Å²) in [5.41, 5.74) is 4.05. The molecule has 0 aliphatic rings. The van der Waals surface area contributed by atoms with E-state index in [0.717, 1.165) is 26.1 Å². The molecule has 1 rings (SSSR count).